The molecule has 0 amide bonds. The van der Waals surface area contributed by atoms with E-state index in [4.69, 9.17) is 0 Å². The number of allylic oxidation sites excluding steroid dienone is 1. The third kappa shape index (κ3) is 4.35. The van der Waals surface area contributed by atoms with E-state index in [1.807, 2.05) is 6.92 Å². The van der Waals surface area contributed by atoms with Gasteiger partial charge in [-0.25, -0.2) is 4.79 Å². The van der Waals surface area contributed by atoms with Crippen molar-refractivity contribution in [2.24, 2.45) is 5.90 Å². The second-order valence-electron chi connectivity index (χ2n) is 1.70. The Labute approximate surface area is 66.6 Å². The van der Waals surface area contributed by atoms with Gasteiger partial charge in [0.25, 0.3) is 0 Å². The largest absolute Gasteiger partial charge is 0.370 e. The summed E-state index contributed by atoms with van der Waals surface area (Å²) in [5.74, 6) is 4.15. The lowest BCUT2D eigenvalue weighted by atomic mass is 10.2. The Morgan fingerprint density at radius 3 is 2.50 bits per heavy atom. The lowest BCUT2D eigenvalue weighted by Crippen LogP contribution is -2.10. The van der Waals surface area contributed by atoms with Gasteiger partial charge in [0, 0.05) is 5.57 Å². The Kier molecular flexibility index (Phi) is 8.00. The highest BCUT2D eigenvalue weighted by Crippen LogP contribution is 1.95. The van der Waals surface area contributed by atoms with E-state index in [0.717, 1.165) is 6.42 Å². The Hall–Kier alpha value is -0.540. The van der Waals surface area contributed by atoms with Gasteiger partial charge in [-0.3, -0.25) is 0 Å². The first-order valence-corrected chi connectivity index (χ1v) is 2.80. The molecule has 60 valence electrons. The van der Waals surface area contributed by atoms with Gasteiger partial charge >= 0.3 is 5.97 Å². The highest BCUT2D eigenvalue weighted by molar-refractivity contribution is 5.87. The summed E-state index contributed by atoms with van der Waals surface area (Å²) in [7, 11) is 0. The van der Waals surface area contributed by atoms with Gasteiger partial charge in [-0.15, -0.1) is 12.4 Å². The minimum atomic E-state index is -0.461. The fraction of sp³-hybridized carbons (Fsp3) is 0.500. The van der Waals surface area contributed by atoms with Crippen LogP contribution in [0.3, 0.4) is 0 Å². The molecule has 2 N–H and O–H groups in total. The number of halogens is 1. The molecule has 0 aromatic rings. The predicted molar refractivity (Wildman–Crippen MR) is 41.6 cm³/mol. The number of rotatable bonds is 2. The van der Waals surface area contributed by atoms with Crippen molar-refractivity contribution in [3.63, 3.8) is 0 Å². The molecule has 0 bridgehead atoms. The van der Waals surface area contributed by atoms with Crippen molar-refractivity contribution in [1.82, 2.24) is 0 Å². The monoisotopic (exact) mass is 165 g/mol. The zero-order chi connectivity index (χ0) is 7.28. The third-order valence-corrected chi connectivity index (χ3v) is 0.939. The van der Waals surface area contributed by atoms with E-state index in [0.29, 0.717) is 5.57 Å². The molecule has 0 atom stereocenters. The molecule has 0 aliphatic carbocycles. The van der Waals surface area contributed by atoms with Crippen LogP contribution in [0.4, 0.5) is 0 Å². The molecule has 10 heavy (non-hydrogen) atoms. The predicted octanol–water partition coefficient (Wildman–Crippen LogP) is 1.18. The zero-order valence-electron chi connectivity index (χ0n) is 6.09. The van der Waals surface area contributed by atoms with Gasteiger partial charge in [-0.1, -0.05) is 13.0 Å². The average molecular weight is 166 g/mol. The van der Waals surface area contributed by atoms with Crippen molar-refractivity contribution in [2.45, 2.75) is 20.3 Å². The molecule has 0 rings (SSSR count). The molecule has 0 aliphatic rings. The van der Waals surface area contributed by atoms with Crippen LogP contribution in [0.15, 0.2) is 11.6 Å². The Balaban J connectivity index is 0. The topological polar surface area (TPSA) is 52.3 Å². The summed E-state index contributed by atoms with van der Waals surface area (Å²) in [6.07, 6.45) is 2.58. The van der Waals surface area contributed by atoms with Gasteiger partial charge in [-0.05, 0) is 13.3 Å². The minimum Gasteiger partial charge on any atom is -0.370 e. The van der Waals surface area contributed by atoms with Gasteiger partial charge in [0.15, 0.2) is 0 Å². The summed E-state index contributed by atoms with van der Waals surface area (Å²) in [6, 6.07) is 0. The number of carbonyl (C=O) groups is 1. The molecule has 0 saturated carbocycles. The fourth-order valence-electron chi connectivity index (χ4n) is 0.482. The molecule has 0 aromatic heterocycles. The van der Waals surface area contributed by atoms with Gasteiger partial charge in [-0.2, -0.15) is 5.90 Å². The Morgan fingerprint density at radius 1 is 1.70 bits per heavy atom. The molecule has 3 nitrogen and oxygen atoms in total. The number of nitrogens with two attached hydrogens (primary N) is 1. The molecular formula is C6H12ClNO2. The maximum atomic E-state index is 10.5. The van der Waals surface area contributed by atoms with Crippen LogP contribution in [0.2, 0.25) is 0 Å². The smallest absolute Gasteiger partial charge is 0.351 e. The highest BCUT2D eigenvalue weighted by Gasteiger charge is 2.00. The number of carbonyl (C=O) groups excluding carboxylic acids is 1. The SMILES string of the molecule is CCC=C(C)C(=O)ON.Cl. The molecule has 0 aromatic carbocycles. The van der Waals surface area contributed by atoms with E-state index < -0.39 is 5.97 Å². The van der Waals surface area contributed by atoms with E-state index in [-0.39, 0.29) is 12.4 Å². The number of hydrogen-bond acceptors (Lipinski definition) is 3. The van der Waals surface area contributed by atoms with Crippen LogP contribution >= 0.6 is 12.4 Å². The van der Waals surface area contributed by atoms with Crippen LogP contribution in [0.1, 0.15) is 20.3 Å². The second-order valence-corrected chi connectivity index (χ2v) is 1.70. The van der Waals surface area contributed by atoms with Crippen LogP contribution in [-0.2, 0) is 9.63 Å². The van der Waals surface area contributed by atoms with Crippen LogP contribution in [-0.4, -0.2) is 5.97 Å². The van der Waals surface area contributed by atoms with E-state index in [9.17, 15) is 4.79 Å². The Morgan fingerprint density at radius 2 is 2.20 bits per heavy atom. The zero-order valence-corrected chi connectivity index (χ0v) is 6.90. The molecule has 0 aliphatic heterocycles. The average Bonchev–Trinajstić information content (AvgIpc) is 1.87. The van der Waals surface area contributed by atoms with E-state index in [2.05, 4.69) is 10.7 Å². The molecule has 0 fully saturated rings. The summed E-state index contributed by atoms with van der Waals surface area (Å²) in [5.41, 5.74) is 0.556. The normalized spacial score (nSPS) is 10.1. The molecule has 0 unspecified atom stereocenters. The summed E-state index contributed by atoms with van der Waals surface area (Å²) < 4.78 is 0. The maximum Gasteiger partial charge on any atom is 0.351 e. The first kappa shape index (κ1) is 12.2. The van der Waals surface area contributed by atoms with Crippen LogP contribution in [0.25, 0.3) is 0 Å². The summed E-state index contributed by atoms with van der Waals surface area (Å²) >= 11 is 0. The summed E-state index contributed by atoms with van der Waals surface area (Å²) in [5, 5.41) is 0. The third-order valence-electron chi connectivity index (χ3n) is 0.939. The van der Waals surface area contributed by atoms with Crippen LogP contribution < -0.4 is 5.90 Å². The minimum absolute atomic E-state index is 0. The van der Waals surface area contributed by atoms with E-state index >= 15 is 0 Å². The lowest BCUT2D eigenvalue weighted by Gasteiger charge is -1.94. The van der Waals surface area contributed by atoms with Gasteiger partial charge < -0.3 is 4.84 Å². The molecular weight excluding hydrogens is 154 g/mol. The lowest BCUT2D eigenvalue weighted by molar-refractivity contribution is -0.139. The summed E-state index contributed by atoms with van der Waals surface area (Å²) in [6.45, 7) is 3.60. The van der Waals surface area contributed by atoms with Gasteiger partial charge in [0.1, 0.15) is 0 Å². The first-order chi connectivity index (χ1) is 4.22. The van der Waals surface area contributed by atoms with E-state index in [1.54, 1.807) is 13.0 Å². The van der Waals surface area contributed by atoms with Crippen molar-refractivity contribution in [3.05, 3.63) is 11.6 Å². The first-order valence-electron chi connectivity index (χ1n) is 2.80. The standard InChI is InChI=1S/C6H11NO2.ClH/c1-3-4-5(2)6(8)9-7;/h4H,3,7H2,1-2H3;1H. The van der Waals surface area contributed by atoms with Crippen molar-refractivity contribution in [2.75, 3.05) is 0 Å². The molecule has 4 heteroatoms. The number of hydrogen-bond donors (Lipinski definition) is 1. The molecule has 0 heterocycles. The van der Waals surface area contributed by atoms with Crippen molar-refractivity contribution >= 4 is 18.4 Å². The van der Waals surface area contributed by atoms with Crippen molar-refractivity contribution < 1.29 is 9.63 Å². The van der Waals surface area contributed by atoms with Crippen LogP contribution in [0.5, 0.6) is 0 Å². The quantitative estimate of drug-likeness (QED) is 0.494. The van der Waals surface area contributed by atoms with Crippen molar-refractivity contribution in [1.29, 1.82) is 0 Å². The fourth-order valence-corrected chi connectivity index (χ4v) is 0.482. The molecule has 0 radical (unpaired) electrons. The van der Waals surface area contributed by atoms with Crippen LogP contribution in [0, 0.1) is 0 Å². The molecule has 0 spiro atoms. The second kappa shape index (κ2) is 6.58. The molecule has 0 saturated heterocycles. The van der Waals surface area contributed by atoms with Gasteiger partial charge in [0.05, 0.1) is 0 Å². The Bertz CT molecular complexity index is 134. The summed E-state index contributed by atoms with van der Waals surface area (Å²) in [4.78, 5) is 14.4. The van der Waals surface area contributed by atoms with Gasteiger partial charge in [0.2, 0.25) is 0 Å². The highest BCUT2D eigenvalue weighted by atomic mass is 35.5. The maximum absolute atomic E-state index is 10.5. The van der Waals surface area contributed by atoms with E-state index in [1.165, 1.54) is 0 Å². The van der Waals surface area contributed by atoms with Crippen molar-refractivity contribution in [3.8, 4) is 0 Å².